The van der Waals surface area contributed by atoms with Crippen LogP contribution < -0.4 is 14.9 Å². The second-order valence-corrected chi connectivity index (χ2v) is 4.89. The Morgan fingerprint density at radius 3 is 2.87 bits per heavy atom. The first kappa shape index (κ1) is 18.8. The first-order chi connectivity index (χ1) is 11.3. The molecule has 1 aromatic rings. The molecule has 0 heterocycles. The highest BCUT2D eigenvalue weighted by molar-refractivity contribution is 5.80. The lowest BCUT2D eigenvalue weighted by Gasteiger charge is -2.11. The summed E-state index contributed by atoms with van der Waals surface area (Å²) in [6.07, 6.45) is 6.34. The molecule has 1 aromatic carbocycles. The van der Waals surface area contributed by atoms with Gasteiger partial charge in [-0.25, -0.2) is 0 Å². The summed E-state index contributed by atoms with van der Waals surface area (Å²) in [5.41, 5.74) is 3.58. The van der Waals surface area contributed by atoms with E-state index in [0.29, 0.717) is 12.4 Å². The maximum Gasteiger partial charge on any atom is 0.161 e. The summed E-state index contributed by atoms with van der Waals surface area (Å²) < 4.78 is 16.0. The lowest BCUT2D eigenvalue weighted by atomic mass is 10.2. The number of methoxy groups -OCH3 is 1. The molecule has 0 atom stereocenters. The molecule has 0 amide bonds. The highest BCUT2D eigenvalue weighted by Gasteiger charge is 2.04. The monoisotopic (exact) mass is 319 g/mol. The zero-order valence-corrected chi connectivity index (χ0v) is 13.9. The molecule has 0 bridgehead atoms. The van der Waals surface area contributed by atoms with Crippen molar-refractivity contribution in [1.29, 1.82) is 5.26 Å². The van der Waals surface area contributed by atoms with Crippen LogP contribution in [0.1, 0.15) is 38.2 Å². The van der Waals surface area contributed by atoms with Crippen LogP contribution in [0.2, 0.25) is 0 Å². The Hall–Kier alpha value is -2.26. The van der Waals surface area contributed by atoms with Gasteiger partial charge in [0.25, 0.3) is 0 Å². The minimum Gasteiger partial charge on any atom is -0.493 e. The Labute approximate surface area is 138 Å². The number of hydrogen-bond donors (Lipinski definition) is 1. The average Bonchev–Trinajstić information content (AvgIpc) is 2.58. The molecule has 0 aliphatic rings. The molecule has 0 saturated heterocycles. The largest absolute Gasteiger partial charge is 0.493 e. The number of benzene rings is 1. The highest BCUT2D eigenvalue weighted by Crippen LogP contribution is 2.27. The van der Waals surface area contributed by atoms with E-state index < -0.39 is 0 Å². The summed E-state index contributed by atoms with van der Waals surface area (Å²) in [6.45, 7) is 3.12. The highest BCUT2D eigenvalue weighted by atomic mass is 16.5. The molecule has 0 aromatic heterocycles. The Morgan fingerprint density at radius 1 is 1.26 bits per heavy atom. The van der Waals surface area contributed by atoms with E-state index in [1.807, 2.05) is 24.3 Å². The molecule has 0 radical (unpaired) electrons. The van der Waals surface area contributed by atoms with Gasteiger partial charge in [-0.1, -0.05) is 26.2 Å². The van der Waals surface area contributed by atoms with Gasteiger partial charge >= 0.3 is 0 Å². The van der Waals surface area contributed by atoms with Crippen LogP contribution in [0.4, 0.5) is 0 Å². The Balaban J connectivity index is 2.45. The molecule has 0 aliphatic heterocycles. The normalized spacial score (nSPS) is 10.5. The van der Waals surface area contributed by atoms with Crippen LogP contribution in [-0.2, 0) is 4.74 Å². The molecular weight excluding hydrogens is 294 g/mol. The van der Waals surface area contributed by atoms with Crippen molar-refractivity contribution in [2.75, 3.05) is 27.1 Å². The predicted molar refractivity (Wildman–Crippen MR) is 89.8 cm³/mol. The molecule has 0 fully saturated rings. The first-order valence-corrected chi connectivity index (χ1v) is 7.83. The summed E-state index contributed by atoms with van der Waals surface area (Å²) in [5, 5.41) is 12.3. The van der Waals surface area contributed by atoms with Gasteiger partial charge in [0.15, 0.2) is 11.5 Å². The molecule has 0 spiro atoms. The fourth-order valence-electron chi connectivity index (χ4n) is 1.89. The number of ether oxygens (including phenoxy) is 3. The maximum atomic E-state index is 8.32. The molecule has 0 aliphatic carbocycles. The van der Waals surface area contributed by atoms with Crippen LogP contribution in [0.15, 0.2) is 23.3 Å². The SMILES string of the molecule is CCCCCCOc1ccc(C=NNCOCC#N)cc1OC. The summed E-state index contributed by atoms with van der Waals surface area (Å²) in [7, 11) is 1.62. The average molecular weight is 319 g/mol. The fourth-order valence-corrected chi connectivity index (χ4v) is 1.89. The van der Waals surface area contributed by atoms with Gasteiger partial charge in [0.05, 0.1) is 26.0 Å². The molecule has 6 heteroatoms. The fraction of sp³-hybridized carbons (Fsp3) is 0.529. The van der Waals surface area contributed by atoms with Gasteiger partial charge in [0, 0.05) is 0 Å². The van der Waals surface area contributed by atoms with Crippen molar-refractivity contribution in [3.05, 3.63) is 23.8 Å². The Morgan fingerprint density at radius 2 is 2.13 bits per heavy atom. The first-order valence-electron chi connectivity index (χ1n) is 7.83. The molecule has 6 nitrogen and oxygen atoms in total. The van der Waals surface area contributed by atoms with E-state index in [9.17, 15) is 0 Å². The number of rotatable bonds is 12. The zero-order valence-electron chi connectivity index (χ0n) is 13.9. The minimum absolute atomic E-state index is 0.0423. The van der Waals surface area contributed by atoms with Crippen molar-refractivity contribution in [3.63, 3.8) is 0 Å². The van der Waals surface area contributed by atoms with Crippen LogP contribution >= 0.6 is 0 Å². The van der Waals surface area contributed by atoms with Crippen LogP contribution in [0, 0.1) is 11.3 Å². The number of nitrogens with one attached hydrogen (secondary N) is 1. The molecule has 1 rings (SSSR count). The van der Waals surface area contributed by atoms with Crippen molar-refractivity contribution in [1.82, 2.24) is 5.43 Å². The van der Waals surface area contributed by atoms with Gasteiger partial charge in [0.2, 0.25) is 0 Å². The van der Waals surface area contributed by atoms with Gasteiger partial charge in [-0.05, 0) is 30.2 Å². The lowest BCUT2D eigenvalue weighted by Crippen LogP contribution is -2.11. The molecule has 0 unspecified atom stereocenters. The number of hydrazone groups is 1. The summed E-state index contributed by atoms with van der Waals surface area (Å²) in [6, 6.07) is 7.53. The maximum absolute atomic E-state index is 8.32. The number of hydrogen-bond acceptors (Lipinski definition) is 6. The van der Waals surface area contributed by atoms with Crippen molar-refractivity contribution in [2.45, 2.75) is 32.6 Å². The summed E-state index contributed by atoms with van der Waals surface area (Å²) >= 11 is 0. The van der Waals surface area contributed by atoms with Gasteiger partial charge in [-0.2, -0.15) is 10.4 Å². The van der Waals surface area contributed by atoms with E-state index in [1.54, 1.807) is 13.3 Å². The van der Waals surface area contributed by atoms with Gasteiger partial charge < -0.3 is 14.2 Å². The zero-order chi connectivity index (χ0) is 16.8. The van der Waals surface area contributed by atoms with E-state index >= 15 is 0 Å². The Bertz CT molecular complexity index is 512. The standard InChI is InChI=1S/C17H25N3O3/c1-3-4-5-6-10-23-16-8-7-15(12-17(16)21-2)13-19-20-14-22-11-9-18/h7-8,12-13,20H,3-6,10-11,14H2,1-2H3. The van der Waals surface area contributed by atoms with Crippen LogP contribution in [0.25, 0.3) is 0 Å². The van der Waals surface area contributed by atoms with Crippen LogP contribution in [0.3, 0.4) is 0 Å². The number of nitrogens with zero attached hydrogens (tertiary/aromatic N) is 2. The van der Waals surface area contributed by atoms with E-state index in [0.717, 1.165) is 17.7 Å². The minimum atomic E-state index is 0.0423. The third kappa shape index (κ3) is 8.07. The van der Waals surface area contributed by atoms with Gasteiger partial charge in [0.1, 0.15) is 13.3 Å². The van der Waals surface area contributed by atoms with E-state index in [-0.39, 0.29) is 13.3 Å². The van der Waals surface area contributed by atoms with Crippen molar-refractivity contribution >= 4 is 6.21 Å². The Kier molecular flexibility index (Phi) is 10.0. The van der Waals surface area contributed by atoms with Crippen molar-refractivity contribution in [3.8, 4) is 17.6 Å². The number of nitriles is 1. The lowest BCUT2D eigenvalue weighted by molar-refractivity contribution is 0.147. The molecule has 23 heavy (non-hydrogen) atoms. The molecule has 0 saturated carbocycles. The second-order valence-electron chi connectivity index (χ2n) is 4.89. The van der Waals surface area contributed by atoms with E-state index in [1.165, 1.54) is 19.3 Å². The topological polar surface area (TPSA) is 75.9 Å². The van der Waals surface area contributed by atoms with Crippen LogP contribution in [0.5, 0.6) is 11.5 Å². The number of unbranched alkanes of at least 4 members (excludes halogenated alkanes) is 3. The molecule has 126 valence electrons. The smallest absolute Gasteiger partial charge is 0.161 e. The third-order valence-corrected chi connectivity index (χ3v) is 3.08. The summed E-state index contributed by atoms with van der Waals surface area (Å²) in [4.78, 5) is 0. The molecule has 1 N–H and O–H groups in total. The van der Waals surface area contributed by atoms with Gasteiger partial charge in [-0.3, -0.25) is 5.43 Å². The van der Waals surface area contributed by atoms with Crippen molar-refractivity contribution in [2.24, 2.45) is 5.10 Å². The predicted octanol–water partition coefficient (Wildman–Crippen LogP) is 3.08. The van der Waals surface area contributed by atoms with Gasteiger partial charge in [-0.15, -0.1) is 0 Å². The van der Waals surface area contributed by atoms with E-state index in [4.69, 9.17) is 19.5 Å². The second kappa shape index (κ2) is 12.3. The van der Waals surface area contributed by atoms with Crippen molar-refractivity contribution < 1.29 is 14.2 Å². The molecular formula is C17H25N3O3. The van der Waals surface area contributed by atoms with Crippen LogP contribution in [-0.4, -0.2) is 33.3 Å². The summed E-state index contributed by atoms with van der Waals surface area (Å²) in [5.74, 6) is 1.43. The third-order valence-electron chi connectivity index (χ3n) is 3.08. The quantitative estimate of drug-likeness (QED) is 0.277. The van der Waals surface area contributed by atoms with E-state index in [2.05, 4.69) is 17.5 Å².